The molecule has 0 aliphatic rings. The number of hydrogen-bond donors (Lipinski definition) is 1. The Hall–Kier alpha value is -0.820. The number of aryl methyl sites for hydroxylation is 3. The second-order valence-electron chi connectivity index (χ2n) is 5.62. The van der Waals surface area contributed by atoms with Gasteiger partial charge in [-0.05, 0) is 56.8 Å². The van der Waals surface area contributed by atoms with E-state index in [1.165, 1.54) is 29.5 Å². The maximum atomic E-state index is 3.27. The van der Waals surface area contributed by atoms with Gasteiger partial charge in [0, 0.05) is 0 Å². The molecule has 0 bridgehead atoms. The zero-order valence-corrected chi connectivity index (χ0v) is 11.4. The summed E-state index contributed by atoms with van der Waals surface area (Å²) in [5, 5.41) is 3.27. The molecule has 0 atom stereocenters. The number of hydrogen-bond acceptors (Lipinski definition) is 1. The number of rotatable bonds is 5. The lowest BCUT2D eigenvalue weighted by molar-refractivity contribution is 0.324. The predicted molar refractivity (Wildman–Crippen MR) is 71.9 cm³/mol. The summed E-state index contributed by atoms with van der Waals surface area (Å²) in [4.78, 5) is 0. The lowest BCUT2D eigenvalue weighted by atomic mass is 9.85. The van der Waals surface area contributed by atoms with Crippen LogP contribution in [0, 0.1) is 19.3 Å². The van der Waals surface area contributed by atoms with Crippen molar-refractivity contribution >= 4 is 0 Å². The predicted octanol–water partition coefficient (Wildman–Crippen LogP) is 3.48. The molecule has 0 aromatic heterocycles. The molecule has 0 saturated heterocycles. The van der Waals surface area contributed by atoms with Crippen LogP contribution in [0.3, 0.4) is 0 Å². The molecule has 16 heavy (non-hydrogen) atoms. The highest BCUT2D eigenvalue weighted by Crippen LogP contribution is 2.23. The normalized spacial score (nSPS) is 11.8. The molecule has 1 aromatic carbocycles. The minimum atomic E-state index is 0.381. The van der Waals surface area contributed by atoms with E-state index in [2.05, 4.69) is 51.2 Å². The fourth-order valence-corrected chi connectivity index (χ4v) is 2.17. The Morgan fingerprint density at radius 2 is 1.88 bits per heavy atom. The van der Waals surface area contributed by atoms with Crippen molar-refractivity contribution in [1.29, 1.82) is 0 Å². The second kappa shape index (κ2) is 5.49. The molecule has 0 amide bonds. The van der Waals surface area contributed by atoms with Gasteiger partial charge in [-0.15, -0.1) is 0 Å². The lowest BCUT2D eigenvalue weighted by Crippen LogP contribution is -2.27. The van der Waals surface area contributed by atoms with Crippen LogP contribution in [-0.4, -0.2) is 13.6 Å². The van der Waals surface area contributed by atoms with E-state index in [0.29, 0.717) is 5.41 Å². The third-order valence-corrected chi connectivity index (χ3v) is 3.22. The smallest absolute Gasteiger partial charge is 0.0000373 e. The molecule has 0 fully saturated rings. The topological polar surface area (TPSA) is 12.0 Å². The van der Waals surface area contributed by atoms with E-state index in [1.54, 1.807) is 0 Å². The standard InChI is InChI=1S/C15H25N/c1-12-6-7-14(13(2)10-12)8-9-15(3,4)11-16-5/h6-7,10,16H,8-9,11H2,1-5H3. The Bertz CT molecular complexity index is 339. The first kappa shape index (κ1) is 13.2. The van der Waals surface area contributed by atoms with E-state index in [4.69, 9.17) is 0 Å². The summed E-state index contributed by atoms with van der Waals surface area (Å²) in [6, 6.07) is 6.77. The van der Waals surface area contributed by atoms with Crippen molar-refractivity contribution in [3.05, 3.63) is 34.9 Å². The Balaban J connectivity index is 2.61. The molecule has 0 saturated carbocycles. The Labute approximate surface area is 100 Å². The largest absolute Gasteiger partial charge is 0.319 e. The molecule has 0 radical (unpaired) electrons. The quantitative estimate of drug-likeness (QED) is 0.799. The molecule has 1 rings (SSSR count). The maximum absolute atomic E-state index is 3.27. The summed E-state index contributed by atoms with van der Waals surface area (Å²) in [6.45, 7) is 10.1. The van der Waals surface area contributed by atoms with Gasteiger partial charge in [-0.2, -0.15) is 0 Å². The van der Waals surface area contributed by atoms with Crippen molar-refractivity contribution in [3.8, 4) is 0 Å². The minimum absolute atomic E-state index is 0.381. The van der Waals surface area contributed by atoms with Crippen molar-refractivity contribution in [2.45, 2.75) is 40.5 Å². The first-order valence-corrected chi connectivity index (χ1v) is 6.15. The monoisotopic (exact) mass is 219 g/mol. The van der Waals surface area contributed by atoms with Crippen molar-refractivity contribution < 1.29 is 0 Å². The summed E-state index contributed by atoms with van der Waals surface area (Å²) in [7, 11) is 2.03. The van der Waals surface area contributed by atoms with E-state index >= 15 is 0 Å². The van der Waals surface area contributed by atoms with Crippen LogP contribution in [0.1, 0.15) is 37.0 Å². The fourth-order valence-electron chi connectivity index (χ4n) is 2.17. The van der Waals surface area contributed by atoms with Gasteiger partial charge in [0.15, 0.2) is 0 Å². The average molecular weight is 219 g/mol. The molecule has 1 N–H and O–H groups in total. The Kier molecular flexibility index (Phi) is 4.55. The Morgan fingerprint density at radius 1 is 1.19 bits per heavy atom. The zero-order chi connectivity index (χ0) is 12.2. The molecule has 0 aliphatic heterocycles. The van der Waals surface area contributed by atoms with Crippen LogP contribution in [0.4, 0.5) is 0 Å². The molecule has 1 aromatic rings. The van der Waals surface area contributed by atoms with Crippen molar-refractivity contribution in [1.82, 2.24) is 5.32 Å². The van der Waals surface area contributed by atoms with E-state index in [9.17, 15) is 0 Å². The molecule has 0 spiro atoms. The minimum Gasteiger partial charge on any atom is -0.319 e. The first-order chi connectivity index (χ1) is 7.44. The number of benzene rings is 1. The zero-order valence-electron chi connectivity index (χ0n) is 11.4. The lowest BCUT2D eigenvalue weighted by Gasteiger charge is -2.24. The van der Waals surface area contributed by atoms with Crippen LogP contribution < -0.4 is 5.32 Å². The third-order valence-electron chi connectivity index (χ3n) is 3.22. The van der Waals surface area contributed by atoms with Crippen LogP contribution >= 0.6 is 0 Å². The second-order valence-corrected chi connectivity index (χ2v) is 5.62. The summed E-state index contributed by atoms with van der Waals surface area (Å²) in [5.41, 5.74) is 4.66. The van der Waals surface area contributed by atoms with Gasteiger partial charge >= 0.3 is 0 Å². The summed E-state index contributed by atoms with van der Waals surface area (Å²) in [6.07, 6.45) is 2.42. The molecule has 90 valence electrons. The van der Waals surface area contributed by atoms with E-state index in [-0.39, 0.29) is 0 Å². The van der Waals surface area contributed by atoms with Crippen LogP contribution in [0.2, 0.25) is 0 Å². The van der Waals surface area contributed by atoms with Gasteiger partial charge in [-0.1, -0.05) is 37.6 Å². The summed E-state index contributed by atoms with van der Waals surface area (Å²) < 4.78 is 0. The maximum Gasteiger partial charge on any atom is -0.0000373 e. The van der Waals surface area contributed by atoms with Gasteiger partial charge in [0.2, 0.25) is 0 Å². The van der Waals surface area contributed by atoms with Gasteiger partial charge in [0.1, 0.15) is 0 Å². The summed E-state index contributed by atoms with van der Waals surface area (Å²) >= 11 is 0. The van der Waals surface area contributed by atoms with Gasteiger partial charge in [0.05, 0.1) is 0 Å². The number of nitrogens with one attached hydrogen (secondary N) is 1. The van der Waals surface area contributed by atoms with Gasteiger partial charge < -0.3 is 5.32 Å². The highest BCUT2D eigenvalue weighted by atomic mass is 14.8. The third kappa shape index (κ3) is 3.97. The van der Waals surface area contributed by atoms with E-state index in [1.807, 2.05) is 7.05 Å². The van der Waals surface area contributed by atoms with Crippen molar-refractivity contribution in [3.63, 3.8) is 0 Å². The van der Waals surface area contributed by atoms with Gasteiger partial charge in [-0.25, -0.2) is 0 Å². The molecule has 0 aliphatic carbocycles. The van der Waals surface area contributed by atoms with Crippen LogP contribution in [0.5, 0.6) is 0 Å². The van der Waals surface area contributed by atoms with E-state index < -0.39 is 0 Å². The highest BCUT2D eigenvalue weighted by molar-refractivity contribution is 5.30. The fraction of sp³-hybridized carbons (Fsp3) is 0.600. The van der Waals surface area contributed by atoms with Gasteiger partial charge in [-0.3, -0.25) is 0 Å². The molecule has 1 nitrogen and oxygen atoms in total. The molecular formula is C15H25N. The SMILES string of the molecule is CNCC(C)(C)CCc1ccc(C)cc1C. The van der Waals surface area contributed by atoms with E-state index in [0.717, 1.165) is 6.54 Å². The molecule has 0 heterocycles. The van der Waals surface area contributed by atoms with Crippen LogP contribution in [0.15, 0.2) is 18.2 Å². The average Bonchev–Trinajstić information content (AvgIpc) is 2.16. The van der Waals surface area contributed by atoms with Crippen LogP contribution in [-0.2, 0) is 6.42 Å². The summed E-state index contributed by atoms with van der Waals surface area (Å²) in [5.74, 6) is 0. The Morgan fingerprint density at radius 3 is 2.44 bits per heavy atom. The van der Waals surface area contributed by atoms with Crippen molar-refractivity contribution in [2.24, 2.45) is 5.41 Å². The van der Waals surface area contributed by atoms with Crippen molar-refractivity contribution in [2.75, 3.05) is 13.6 Å². The molecule has 0 unspecified atom stereocenters. The first-order valence-electron chi connectivity index (χ1n) is 6.15. The van der Waals surface area contributed by atoms with Gasteiger partial charge in [0.25, 0.3) is 0 Å². The molecular weight excluding hydrogens is 194 g/mol. The highest BCUT2D eigenvalue weighted by Gasteiger charge is 2.16. The van der Waals surface area contributed by atoms with Crippen LogP contribution in [0.25, 0.3) is 0 Å². The molecule has 1 heteroatoms.